The minimum atomic E-state index is -0.791. The van der Waals surface area contributed by atoms with Crippen molar-refractivity contribution >= 4 is 41.1 Å². The van der Waals surface area contributed by atoms with Crippen molar-refractivity contribution in [3.05, 3.63) is 39.5 Å². The zero-order chi connectivity index (χ0) is 24.2. The van der Waals surface area contributed by atoms with Crippen molar-refractivity contribution in [2.24, 2.45) is 11.8 Å². The number of halogens is 2. The van der Waals surface area contributed by atoms with Gasteiger partial charge in [-0.15, -0.1) is 11.8 Å². The second kappa shape index (κ2) is 11.0. The molecule has 1 aromatic rings. The maximum absolute atomic E-state index is 14.5. The van der Waals surface area contributed by atoms with Gasteiger partial charge < -0.3 is 20.5 Å². The van der Waals surface area contributed by atoms with Crippen LogP contribution in [0.3, 0.4) is 0 Å². The van der Waals surface area contributed by atoms with Crippen molar-refractivity contribution in [3.8, 4) is 5.75 Å². The summed E-state index contributed by atoms with van der Waals surface area (Å²) >= 11 is 7.65. The number of nitrogens with one attached hydrogen (secondary N) is 2. The molecule has 1 atom stereocenters. The Morgan fingerprint density at radius 2 is 1.79 bits per heavy atom. The van der Waals surface area contributed by atoms with Gasteiger partial charge >= 0.3 is 5.97 Å². The fourth-order valence-corrected chi connectivity index (χ4v) is 6.03. The first-order valence-electron chi connectivity index (χ1n) is 11.6. The summed E-state index contributed by atoms with van der Waals surface area (Å²) in [6.45, 7) is 0.406. The van der Waals surface area contributed by atoms with Gasteiger partial charge in [0.15, 0.2) is 0 Å². The molecule has 2 saturated carbocycles. The van der Waals surface area contributed by atoms with E-state index in [1.54, 1.807) is 0 Å². The zero-order valence-electron chi connectivity index (χ0n) is 18.6. The predicted molar refractivity (Wildman–Crippen MR) is 127 cm³/mol. The number of allylic oxidation sites excluding steroid dienone is 1. The third-order valence-corrected chi connectivity index (χ3v) is 8.13. The second-order valence-electron chi connectivity index (χ2n) is 9.00. The molecular weight excluding hydrogens is 483 g/mol. The smallest absolute Gasteiger partial charge is 0.306 e. The average Bonchev–Trinajstić information content (AvgIpc) is 3.58. The van der Waals surface area contributed by atoms with E-state index in [0.29, 0.717) is 43.8 Å². The number of carbonyl (C=O) groups is 3. The van der Waals surface area contributed by atoms with Gasteiger partial charge in [-0.1, -0.05) is 11.6 Å². The average molecular weight is 511 g/mol. The Labute approximate surface area is 206 Å². The van der Waals surface area contributed by atoms with E-state index in [0.717, 1.165) is 17.2 Å². The molecule has 2 amide bonds. The minimum Gasteiger partial charge on any atom is -0.490 e. The van der Waals surface area contributed by atoms with Crippen LogP contribution in [-0.4, -0.2) is 47.3 Å². The van der Waals surface area contributed by atoms with Gasteiger partial charge in [-0.25, -0.2) is 4.39 Å². The Morgan fingerprint density at radius 3 is 2.44 bits per heavy atom. The van der Waals surface area contributed by atoms with E-state index in [1.165, 1.54) is 35.5 Å². The highest BCUT2D eigenvalue weighted by atomic mass is 35.5. The first kappa shape index (κ1) is 24.9. The maximum Gasteiger partial charge on any atom is 0.306 e. The number of thioether (sulfide) groups is 1. The van der Waals surface area contributed by atoms with Crippen LogP contribution in [0.25, 0.3) is 0 Å². The Hall–Kier alpha value is -2.26. The normalized spacial score (nSPS) is 24.6. The SMILES string of the molecule is O=C(NCCNC(=O)C1CC(C2CC2)=C(Cl)S1)c1ccc(OC2CCC(C(=O)O)CC2)cc1F. The summed E-state index contributed by atoms with van der Waals surface area (Å²) in [6.07, 6.45) is 5.04. The van der Waals surface area contributed by atoms with Crippen LogP contribution in [0, 0.1) is 17.7 Å². The molecule has 34 heavy (non-hydrogen) atoms. The number of aliphatic carboxylic acids is 1. The first-order chi connectivity index (χ1) is 16.3. The van der Waals surface area contributed by atoms with E-state index in [-0.39, 0.29) is 41.8 Å². The van der Waals surface area contributed by atoms with E-state index in [9.17, 15) is 18.8 Å². The number of amides is 2. The maximum atomic E-state index is 14.5. The van der Waals surface area contributed by atoms with Crippen LogP contribution < -0.4 is 15.4 Å². The molecule has 2 fully saturated rings. The summed E-state index contributed by atoms with van der Waals surface area (Å²) in [7, 11) is 0. The van der Waals surface area contributed by atoms with Crippen LogP contribution in [0.15, 0.2) is 28.1 Å². The molecule has 0 bridgehead atoms. The Kier molecular flexibility index (Phi) is 8.03. The lowest BCUT2D eigenvalue weighted by atomic mass is 9.87. The molecule has 0 aromatic heterocycles. The van der Waals surface area contributed by atoms with Crippen LogP contribution in [0.2, 0.25) is 0 Å². The molecule has 3 aliphatic rings. The molecular formula is C24H28ClFN2O5S. The molecule has 1 aromatic carbocycles. The minimum absolute atomic E-state index is 0.107. The largest absolute Gasteiger partial charge is 0.490 e. The van der Waals surface area contributed by atoms with Crippen LogP contribution in [0.4, 0.5) is 4.39 Å². The molecule has 0 radical (unpaired) electrons. The molecule has 10 heteroatoms. The van der Waals surface area contributed by atoms with E-state index in [4.69, 9.17) is 21.4 Å². The Balaban J connectivity index is 1.18. The lowest BCUT2D eigenvalue weighted by molar-refractivity contribution is -0.143. The number of hydrogen-bond donors (Lipinski definition) is 3. The van der Waals surface area contributed by atoms with Gasteiger partial charge in [-0.05, 0) is 68.6 Å². The van der Waals surface area contributed by atoms with Gasteiger partial charge in [-0.3, -0.25) is 14.4 Å². The van der Waals surface area contributed by atoms with Crippen molar-refractivity contribution in [3.63, 3.8) is 0 Å². The number of rotatable bonds is 9. The Morgan fingerprint density at radius 1 is 1.09 bits per heavy atom. The summed E-state index contributed by atoms with van der Waals surface area (Å²) in [6, 6.07) is 4.07. The topological polar surface area (TPSA) is 105 Å². The fourth-order valence-electron chi connectivity index (χ4n) is 4.37. The number of benzene rings is 1. The van der Waals surface area contributed by atoms with Crippen molar-refractivity contribution in [2.45, 2.75) is 56.3 Å². The standard InChI is InChI=1S/C24H28ClFN2O5S/c25-21-18(13-1-2-13)12-20(34-21)23(30)28-10-9-27-22(29)17-8-7-16(11-19(17)26)33-15-5-3-14(4-6-15)24(31)32/h7-8,11,13-15,20H,1-6,9-10,12H2,(H,27,29)(H,28,30)(H,31,32). The highest BCUT2D eigenvalue weighted by Crippen LogP contribution is 2.50. The molecule has 0 spiro atoms. The van der Waals surface area contributed by atoms with Gasteiger partial charge in [0.1, 0.15) is 11.6 Å². The highest BCUT2D eigenvalue weighted by molar-refractivity contribution is 8.06. The van der Waals surface area contributed by atoms with Crippen molar-refractivity contribution in [1.82, 2.24) is 10.6 Å². The number of carboxylic acid groups (broad SMARTS) is 1. The fraction of sp³-hybridized carbons (Fsp3) is 0.542. The lowest BCUT2D eigenvalue weighted by Gasteiger charge is -2.26. The monoisotopic (exact) mass is 510 g/mol. The number of hydrogen-bond acceptors (Lipinski definition) is 5. The zero-order valence-corrected chi connectivity index (χ0v) is 20.2. The van der Waals surface area contributed by atoms with Crippen LogP contribution in [-0.2, 0) is 9.59 Å². The lowest BCUT2D eigenvalue weighted by Crippen LogP contribution is -2.38. The summed E-state index contributed by atoms with van der Waals surface area (Å²) in [5, 5.41) is 14.3. The van der Waals surface area contributed by atoms with E-state index in [1.807, 2.05) is 0 Å². The van der Waals surface area contributed by atoms with Gasteiger partial charge in [0.25, 0.3) is 5.91 Å². The Bertz CT molecular complexity index is 992. The molecule has 7 nitrogen and oxygen atoms in total. The molecule has 2 aliphatic carbocycles. The molecule has 1 heterocycles. The van der Waals surface area contributed by atoms with Crippen LogP contribution >= 0.6 is 23.4 Å². The van der Waals surface area contributed by atoms with Crippen molar-refractivity contribution in [1.29, 1.82) is 0 Å². The third kappa shape index (κ3) is 6.24. The van der Waals surface area contributed by atoms with Gasteiger partial charge in [0, 0.05) is 19.2 Å². The summed E-state index contributed by atoms with van der Waals surface area (Å²) < 4.78 is 21.0. The van der Waals surface area contributed by atoms with Crippen LogP contribution in [0.5, 0.6) is 5.75 Å². The van der Waals surface area contributed by atoms with Gasteiger partial charge in [0.05, 0.1) is 27.2 Å². The molecule has 1 aliphatic heterocycles. The number of carboxylic acids is 1. The van der Waals surface area contributed by atoms with Crippen molar-refractivity contribution < 1.29 is 28.6 Å². The number of ether oxygens (including phenoxy) is 1. The summed E-state index contributed by atoms with van der Waals surface area (Å²) in [5.41, 5.74) is 1.08. The van der Waals surface area contributed by atoms with Gasteiger partial charge in [-0.2, -0.15) is 0 Å². The van der Waals surface area contributed by atoms with Crippen LogP contribution in [0.1, 0.15) is 55.3 Å². The van der Waals surface area contributed by atoms with E-state index >= 15 is 0 Å². The predicted octanol–water partition coefficient (Wildman–Crippen LogP) is 4.06. The molecule has 3 N–H and O–H groups in total. The first-order valence-corrected chi connectivity index (χ1v) is 12.9. The van der Waals surface area contributed by atoms with Gasteiger partial charge in [0.2, 0.25) is 5.91 Å². The molecule has 1 unspecified atom stereocenters. The molecule has 0 saturated heterocycles. The van der Waals surface area contributed by atoms with Crippen molar-refractivity contribution in [2.75, 3.05) is 13.1 Å². The second-order valence-corrected chi connectivity index (χ2v) is 10.8. The van der Waals surface area contributed by atoms with E-state index < -0.39 is 17.7 Å². The molecule has 184 valence electrons. The third-order valence-electron chi connectivity index (χ3n) is 6.49. The summed E-state index contributed by atoms with van der Waals surface area (Å²) in [5.74, 6) is -1.67. The quantitative estimate of drug-likeness (QED) is 0.433. The summed E-state index contributed by atoms with van der Waals surface area (Å²) in [4.78, 5) is 35.8. The number of carbonyl (C=O) groups excluding carboxylic acids is 2. The highest BCUT2D eigenvalue weighted by Gasteiger charge is 2.37. The molecule has 4 rings (SSSR count). The van der Waals surface area contributed by atoms with E-state index in [2.05, 4.69) is 10.6 Å².